The van der Waals surface area contributed by atoms with E-state index in [1.807, 2.05) is 0 Å². The van der Waals surface area contributed by atoms with Crippen LogP contribution in [0, 0.1) is 12.3 Å². The van der Waals surface area contributed by atoms with Gasteiger partial charge in [0.1, 0.15) is 0 Å². The largest absolute Gasteiger partial charge is 0.398 e. The molecule has 0 atom stereocenters. The molecule has 2 heteroatoms. The third-order valence-corrected chi connectivity index (χ3v) is 1.48. The van der Waals surface area contributed by atoms with E-state index in [4.69, 9.17) is 17.3 Å². The highest BCUT2D eigenvalue weighted by atomic mass is 16.3. The second-order valence-electron chi connectivity index (χ2n) is 2.22. The molecular weight excluding hydrogens is 138 g/mol. The number of rotatable bonds is 1. The van der Waals surface area contributed by atoms with Crippen molar-refractivity contribution in [3.63, 3.8) is 0 Å². The van der Waals surface area contributed by atoms with Crippen molar-refractivity contribution in [3.8, 4) is 12.3 Å². The Morgan fingerprint density at radius 3 is 2.82 bits per heavy atom. The summed E-state index contributed by atoms with van der Waals surface area (Å²) < 4.78 is 0. The second-order valence-corrected chi connectivity index (χ2v) is 2.22. The number of terminal acetylenes is 1. The molecule has 11 heavy (non-hydrogen) atoms. The van der Waals surface area contributed by atoms with Crippen LogP contribution < -0.4 is 5.73 Å². The van der Waals surface area contributed by atoms with Crippen LogP contribution in [0.5, 0.6) is 0 Å². The lowest BCUT2D eigenvalue weighted by Crippen LogP contribution is -1.94. The lowest BCUT2D eigenvalue weighted by molar-refractivity contribution is 0.282. The first-order valence-electron chi connectivity index (χ1n) is 3.24. The van der Waals surface area contributed by atoms with Crippen LogP contribution >= 0.6 is 0 Å². The van der Waals surface area contributed by atoms with Crippen LogP contribution in [0.15, 0.2) is 18.2 Å². The quantitative estimate of drug-likeness (QED) is 0.454. The fraction of sp³-hybridized carbons (Fsp3) is 0.111. The average Bonchev–Trinajstić information content (AvgIpc) is 2.05. The van der Waals surface area contributed by atoms with Gasteiger partial charge in [0.15, 0.2) is 0 Å². The minimum Gasteiger partial charge on any atom is -0.398 e. The summed E-state index contributed by atoms with van der Waals surface area (Å²) in [5.74, 6) is 2.46. The number of aliphatic hydroxyl groups is 1. The molecular formula is C9H9NO. The van der Waals surface area contributed by atoms with E-state index in [0.717, 1.165) is 5.56 Å². The zero-order valence-electron chi connectivity index (χ0n) is 6.04. The summed E-state index contributed by atoms with van der Waals surface area (Å²) in [5, 5.41) is 8.79. The van der Waals surface area contributed by atoms with E-state index in [1.165, 1.54) is 0 Å². The van der Waals surface area contributed by atoms with Crippen LogP contribution in [0.25, 0.3) is 0 Å². The third kappa shape index (κ3) is 1.51. The molecule has 0 aromatic heterocycles. The van der Waals surface area contributed by atoms with Gasteiger partial charge in [-0.3, -0.25) is 0 Å². The Morgan fingerprint density at radius 1 is 1.55 bits per heavy atom. The van der Waals surface area contributed by atoms with Gasteiger partial charge in [0.2, 0.25) is 0 Å². The lowest BCUT2D eigenvalue weighted by atomic mass is 10.1. The van der Waals surface area contributed by atoms with Crippen LogP contribution in [0.3, 0.4) is 0 Å². The lowest BCUT2D eigenvalue weighted by Gasteiger charge is -2.01. The normalized spacial score (nSPS) is 9.09. The Hall–Kier alpha value is -1.46. The van der Waals surface area contributed by atoms with Gasteiger partial charge in [-0.25, -0.2) is 0 Å². The molecule has 1 aromatic rings. The van der Waals surface area contributed by atoms with E-state index < -0.39 is 0 Å². The smallest absolute Gasteiger partial charge is 0.0702 e. The van der Waals surface area contributed by atoms with E-state index >= 15 is 0 Å². The molecule has 1 rings (SSSR count). The fourth-order valence-corrected chi connectivity index (χ4v) is 0.832. The highest BCUT2D eigenvalue weighted by Crippen LogP contribution is 2.12. The van der Waals surface area contributed by atoms with Crippen LogP contribution in [-0.2, 0) is 6.61 Å². The molecule has 2 nitrogen and oxygen atoms in total. The summed E-state index contributed by atoms with van der Waals surface area (Å²) in [6, 6.07) is 5.14. The fourth-order valence-electron chi connectivity index (χ4n) is 0.832. The molecule has 0 spiro atoms. The molecule has 3 N–H and O–H groups in total. The Bertz CT molecular complexity index is 299. The van der Waals surface area contributed by atoms with E-state index in [9.17, 15) is 0 Å². The Balaban J connectivity index is 3.15. The number of benzene rings is 1. The summed E-state index contributed by atoms with van der Waals surface area (Å²) >= 11 is 0. The van der Waals surface area contributed by atoms with Gasteiger partial charge in [0.25, 0.3) is 0 Å². The average molecular weight is 147 g/mol. The van der Waals surface area contributed by atoms with Crippen molar-refractivity contribution in [2.75, 3.05) is 5.73 Å². The van der Waals surface area contributed by atoms with Crippen LogP contribution in [0.2, 0.25) is 0 Å². The minimum absolute atomic E-state index is 0.0681. The third-order valence-electron chi connectivity index (χ3n) is 1.48. The summed E-state index contributed by atoms with van der Waals surface area (Å²) in [4.78, 5) is 0. The first-order valence-corrected chi connectivity index (χ1v) is 3.24. The molecule has 56 valence electrons. The molecule has 0 aliphatic rings. The molecule has 0 aliphatic heterocycles. The molecule has 0 fully saturated rings. The maximum atomic E-state index is 8.79. The van der Waals surface area contributed by atoms with Gasteiger partial charge in [-0.15, -0.1) is 6.42 Å². The number of hydrogen-bond donors (Lipinski definition) is 2. The van der Waals surface area contributed by atoms with Gasteiger partial charge >= 0.3 is 0 Å². The van der Waals surface area contributed by atoms with E-state index in [-0.39, 0.29) is 6.61 Å². The minimum atomic E-state index is -0.0681. The van der Waals surface area contributed by atoms with Gasteiger partial charge in [-0.2, -0.15) is 0 Å². The molecule has 1 aromatic carbocycles. The number of nitrogen functional groups attached to an aromatic ring is 1. The van der Waals surface area contributed by atoms with Crippen molar-refractivity contribution < 1.29 is 5.11 Å². The molecule has 0 aliphatic carbocycles. The van der Waals surface area contributed by atoms with E-state index in [1.54, 1.807) is 18.2 Å². The predicted octanol–water partition coefficient (Wildman–Crippen LogP) is 0.742. The second kappa shape index (κ2) is 3.09. The monoisotopic (exact) mass is 147 g/mol. The summed E-state index contributed by atoms with van der Waals surface area (Å²) in [7, 11) is 0. The molecule has 0 heterocycles. The first kappa shape index (κ1) is 7.64. The first-order chi connectivity index (χ1) is 5.27. The van der Waals surface area contributed by atoms with E-state index in [2.05, 4.69) is 5.92 Å². The van der Waals surface area contributed by atoms with Crippen molar-refractivity contribution in [1.82, 2.24) is 0 Å². The maximum Gasteiger partial charge on any atom is 0.0702 e. The molecule has 0 radical (unpaired) electrons. The molecule has 0 bridgehead atoms. The zero-order chi connectivity index (χ0) is 8.27. The van der Waals surface area contributed by atoms with Crippen molar-refractivity contribution >= 4 is 5.69 Å². The summed E-state index contributed by atoms with van der Waals surface area (Å²) in [6.07, 6.45) is 5.15. The predicted molar refractivity (Wildman–Crippen MR) is 44.7 cm³/mol. The molecule has 0 saturated carbocycles. The molecule has 0 saturated heterocycles. The van der Waals surface area contributed by atoms with Gasteiger partial charge < -0.3 is 10.8 Å². The maximum absolute atomic E-state index is 8.79. The highest BCUT2D eigenvalue weighted by Gasteiger charge is 1.96. The topological polar surface area (TPSA) is 46.2 Å². The Morgan fingerprint density at radius 2 is 2.27 bits per heavy atom. The van der Waals surface area contributed by atoms with Gasteiger partial charge in [-0.1, -0.05) is 5.92 Å². The SMILES string of the molecule is C#Cc1ccc(N)c(CO)c1. The standard InChI is InChI=1S/C9H9NO/c1-2-7-3-4-9(10)8(5-7)6-11/h1,3-5,11H,6,10H2. The van der Waals surface area contributed by atoms with Gasteiger partial charge in [-0.05, 0) is 18.2 Å². The van der Waals surface area contributed by atoms with Crippen molar-refractivity contribution in [2.45, 2.75) is 6.61 Å². The molecule has 0 unspecified atom stereocenters. The number of nitrogens with two attached hydrogens (primary N) is 1. The number of hydrogen-bond acceptors (Lipinski definition) is 2. The molecule has 0 amide bonds. The zero-order valence-corrected chi connectivity index (χ0v) is 6.04. The van der Waals surface area contributed by atoms with Gasteiger partial charge in [0.05, 0.1) is 6.61 Å². The highest BCUT2D eigenvalue weighted by molar-refractivity contribution is 5.51. The van der Waals surface area contributed by atoms with Crippen LogP contribution in [0.4, 0.5) is 5.69 Å². The number of aliphatic hydroxyl groups excluding tert-OH is 1. The van der Waals surface area contributed by atoms with Gasteiger partial charge in [0, 0.05) is 16.8 Å². The van der Waals surface area contributed by atoms with Crippen molar-refractivity contribution in [1.29, 1.82) is 0 Å². The number of anilines is 1. The Kier molecular flexibility index (Phi) is 2.15. The van der Waals surface area contributed by atoms with Crippen molar-refractivity contribution in [2.24, 2.45) is 0 Å². The van der Waals surface area contributed by atoms with Crippen LogP contribution in [-0.4, -0.2) is 5.11 Å². The van der Waals surface area contributed by atoms with E-state index in [0.29, 0.717) is 11.3 Å². The van der Waals surface area contributed by atoms with Crippen LogP contribution in [0.1, 0.15) is 11.1 Å². The summed E-state index contributed by atoms with van der Waals surface area (Å²) in [5.41, 5.74) is 7.52. The van der Waals surface area contributed by atoms with Crippen molar-refractivity contribution in [3.05, 3.63) is 29.3 Å². The Labute approximate surface area is 65.7 Å². The summed E-state index contributed by atoms with van der Waals surface area (Å²) in [6.45, 7) is -0.0681.